The Morgan fingerprint density at radius 3 is 2.68 bits per heavy atom. The Morgan fingerprint density at radius 2 is 2.06 bits per heavy atom. The quantitative estimate of drug-likeness (QED) is 0.542. The van der Waals surface area contributed by atoms with Gasteiger partial charge in [0.25, 0.3) is 0 Å². The van der Waals surface area contributed by atoms with Crippen LogP contribution in [-0.2, 0) is 14.8 Å². The summed E-state index contributed by atoms with van der Waals surface area (Å²) >= 11 is 6.80. The van der Waals surface area contributed by atoms with Crippen molar-refractivity contribution in [3.8, 4) is 0 Å². The molecule has 2 aromatic rings. The van der Waals surface area contributed by atoms with Crippen LogP contribution < -0.4 is 15.4 Å². The molecule has 0 spiro atoms. The highest BCUT2D eigenvalue weighted by atomic mass is 35.5. The number of urea groups is 1. The van der Waals surface area contributed by atoms with Gasteiger partial charge in [-0.1, -0.05) is 29.0 Å². The van der Waals surface area contributed by atoms with Crippen LogP contribution >= 0.6 is 22.9 Å². The maximum Gasteiger partial charge on any atom is 0.402 e. The van der Waals surface area contributed by atoms with Gasteiger partial charge in [-0.2, -0.15) is 13.2 Å². The molecule has 2 amide bonds. The Balaban J connectivity index is 1.87. The molecule has 0 aliphatic carbocycles. The minimum atomic E-state index is -4.71. The van der Waals surface area contributed by atoms with Gasteiger partial charge in [-0.3, -0.25) is 5.32 Å². The number of aromatic nitrogens is 1. The number of hydrogen-bond donors (Lipinski definition) is 3. The van der Waals surface area contributed by atoms with E-state index in [9.17, 15) is 26.4 Å². The molecule has 3 rings (SSSR count). The second kappa shape index (κ2) is 9.69. The molecule has 170 valence electrons. The van der Waals surface area contributed by atoms with Crippen LogP contribution in [0.25, 0.3) is 0 Å². The second-order valence-electron chi connectivity index (χ2n) is 6.59. The van der Waals surface area contributed by atoms with E-state index in [1.165, 1.54) is 23.1 Å². The largest absolute Gasteiger partial charge is 0.402 e. The molecule has 1 unspecified atom stereocenters. The van der Waals surface area contributed by atoms with Gasteiger partial charge in [0, 0.05) is 17.9 Å². The number of alkyl halides is 3. The van der Waals surface area contributed by atoms with Crippen LogP contribution in [0, 0.1) is 0 Å². The molecule has 0 saturated carbocycles. The van der Waals surface area contributed by atoms with Crippen LogP contribution in [-0.4, -0.2) is 38.8 Å². The monoisotopic (exact) mass is 498 g/mol. The zero-order chi connectivity index (χ0) is 22.6. The third-order valence-electron chi connectivity index (χ3n) is 4.27. The Morgan fingerprint density at radius 1 is 1.29 bits per heavy atom. The number of nitrogens with zero attached hydrogens (tertiary/aromatic N) is 1. The summed E-state index contributed by atoms with van der Waals surface area (Å²) in [6.07, 6.45) is -1.35. The SMILES string of the molecule is O=C(Nc1ncc(Cl)s1)Nc1cc(S(=O)(=O)NCC(F)(F)F)ccc1C1CCCCO1. The fourth-order valence-electron chi connectivity index (χ4n) is 2.90. The van der Waals surface area contributed by atoms with Crippen molar-refractivity contribution in [2.75, 3.05) is 23.8 Å². The van der Waals surface area contributed by atoms with Gasteiger partial charge in [-0.05, 0) is 31.4 Å². The van der Waals surface area contributed by atoms with Gasteiger partial charge in [0.15, 0.2) is 5.13 Å². The van der Waals surface area contributed by atoms with Gasteiger partial charge in [-0.25, -0.2) is 22.9 Å². The number of sulfonamides is 1. The molecule has 2 heterocycles. The lowest BCUT2D eigenvalue weighted by atomic mass is 10.00. The topological polar surface area (TPSA) is 109 Å². The normalized spacial score (nSPS) is 17.4. The zero-order valence-corrected chi connectivity index (χ0v) is 18.2. The molecule has 1 saturated heterocycles. The first-order valence-electron chi connectivity index (χ1n) is 9.05. The van der Waals surface area contributed by atoms with E-state index < -0.39 is 39.8 Å². The highest BCUT2D eigenvalue weighted by Gasteiger charge is 2.31. The molecule has 1 aromatic heterocycles. The van der Waals surface area contributed by atoms with Gasteiger partial charge in [0.05, 0.1) is 17.2 Å². The van der Waals surface area contributed by atoms with Crippen molar-refractivity contribution in [3.05, 3.63) is 34.3 Å². The van der Waals surface area contributed by atoms with Crippen molar-refractivity contribution < 1.29 is 31.1 Å². The summed E-state index contributed by atoms with van der Waals surface area (Å²) in [5, 5.41) is 5.21. The van der Waals surface area contributed by atoms with E-state index in [2.05, 4.69) is 15.6 Å². The van der Waals surface area contributed by atoms with Crippen molar-refractivity contribution in [3.63, 3.8) is 0 Å². The fourth-order valence-corrected chi connectivity index (χ4v) is 4.75. The first-order chi connectivity index (χ1) is 14.5. The Bertz CT molecular complexity index is 1040. The summed E-state index contributed by atoms with van der Waals surface area (Å²) in [6.45, 7) is -1.21. The number of ether oxygens (including phenoxy) is 1. The molecule has 1 aliphatic rings. The number of thiazole rings is 1. The first kappa shape index (κ1) is 23.7. The molecular weight excluding hydrogens is 481 g/mol. The van der Waals surface area contributed by atoms with Crippen molar-refractivity contribution in [2.45, 2.75) is 36.4 Å². The predicted molar refractivity (Wildman–Crippen MR) is 110 cm³/mol. The number of rotatable bonds is 6. The Labute approximate surface area is 185 Å². The van der Waals surface area contributed by atoms with Gasteiger partial charge in [0.1, 0.15) is 10.9 Å². The van der Waals surface area contributed by atoms with Gasteiger partial charge < -0.3 is 10.1 Å². The molecule has 1 fully saturated rings. The Kier molecular flexibility index (Phi) is 7.42. The standard InChI is InChI=1S/C17H18ClF3N4O4S2/c18-14-8-22-16(30-14)25-15(26)24-12-7-10(31(27,28)23-9-17(19,20)21)4-5-11(12)13-3-1-2-6-29-13/h4-5,7-8,13,23H,1-3,6,9H2,(H2,22,24,25,26). The molecule has 0 radical (unpaired) electrons. The average Bonchev–Trinajstić information content (AvgIpc) is 3.11. The van der Waals surface area contributed by atoms with Crippen LogP contribution in [0.5, 0.6) is 0 Å². The van der Waals surface area contributed by atoms with Crippen molar-refractivity contribution in [1.29, 1.82) is 0 Å². The average molecular weight is 499 g/mol. The number of benzene rings is 1. The Hall–Kier alpha value is -1.93. The van der Waals surface area contributed by atoms with Crippen LogP contribution in [0.2, 0.25) is 4.34 Å². The first-order valence-corrected chi connectivity index (χ1v) is 11.7. The third-order valence-corrected chi connectivity index (χ3v) is 6.70. The highest BCUT2D eigenvalue weighted by Crippen LogP contribution is 2.34. The number of nitrogens with one attached hydrogen (secondary N) is 3. The molecule has 8 nitrogen and oxygen atoms in total. The summed E-state index contributed by atoms with van der Waals surface area (Å²) in [6, 6.07) is 2.98. The lowest BCUT2D eigenvalue weighted by Crippen LogP contribution is -2.33. The van der Waals surface area contributed by atoms with E-state index in [0.29, 0.717) is 22.9 Å². The molecule has 3 N–H and O–H groups in total. The molecular formula is C17H18ClF3N4O4S2. The molecule has 1 atom stereocenters. The second-order valence-corrected chi connectivity index (χ2v) is 10.0. The number of halogens is 4. The van der Waals surface area contributed by atoms with E-state index in [1.54, 1.807) is 0 Å². The van der Waals surface area contributed by atoms with E-state index in [0.717, 1.165) is 30.2 Å². The van der Waals surface area contributed by atoms with Gasteiger partial charge in [-0.15, -0.1) is 0 Å². The molecule has 1 aliphatic heterocycles. The van der Waals surface area contributed by atoms with Crippen LogP contribution in [0.4, 0.5) is 28.8 Å². The molecule has 31 heavy (non-hydrogen) atoms. The number of carbonyl (C=O) groups is 1. The lowest BCUT2D eigenvalue weighted by Gasteiger charge is -2.25. The van der Waals surface area contributed by atoms with Gasteiger partial charge >= 0.3 is 12.2 Å². The van der Waals surface area contributed by atoms with E-state index in [4.69, 9.17) is 16.3 Å². The maximum absolute atomic E-state index is 12.4. The minimum Gasteiger partial charge on any atom is -0.373 e. The predicted octanol–water partition coefficient (Wildman–Crippen LogP) is 4.52. The number of carbonyl (C=O) groups excluding carboxylic acids is 1. The van der Waals surface area contributed by atoms with Crippen molar-refractivity contribution in [2.24, 2.45) is 0 Å². The fraction of sp³-hybridized carbons (Fsp3) is 0.412. The van der Waals surface area contributed by atoms with Crippen LogP contribution in [0.1, 0.15) is 30.9 Å². The summed E-state index contributed by atoms with van der Waals surface area (Å²) in [7, 11) is -4.47. The lowest BCUT2D eigenvalue weighted by molar-refractivity contribution is -0.121. The summed E-state index contributed by atoms with van der Waals surface area (Å²) in [4.78, 5) is 15.9. The highest BCUT2D eigenvalue weighted by molar-refractivity contribution is 7.89. The minimum absolute atomic E-state index is 0.0990. The van der Waals surface area contributed by atoms with Gasteiger partial charge in [0.2, 0.25) is 10.0 Å². The molecule has 1 aromatic carbocycles. The van der Waals surface area contributed by atoms with Crippen LogP contribution in [0.15, 0.2) is 29.3 Å². The summed E-state index contributed by atoms with van der Waals surface area (Å²) < 4.78 is 69.5. The maximum atomic E-state index is 12.4. The van der Waals surface area contributed by atoms with Crippen LogP contribution in [0.3, 0.4) is 0 Å². The van der Waals surface area contributed by atoms with Crippen molar-refractivity contribution >= 4 is 49.8 Å². The van der Waals surface area contributed by atoms with E-state index >= 15 is 0 Å². The molecule has 0 bridgehead atoms. The number of amides is 2. The smallest absolute Gasteiger partial charge is 0.373 e. The summed E-state index contributed by atoms with van der Waals surface area (Å²) in [5.41, 5.74) is 0.615. The summed E-state index contributed by atoms with van der Waals surface area (Å²) in [5.74, 6) is 0. The van der Waals surface area contributed by atoms with E-state index in [1.807, 2.05) is 0 Å². The third kappa shape index (κ3) is 6.77. The number of anilines is 2. The molecule has 14 heteroatoms. The van der Waals surface area contributed by atoms with E-state index in [-0.39, 0.29) is 10.8 Å². The van der Waals surface area contributed by atoms with Crippen molar-refractivity contribution in [1.82, 2.24) is 9.71 Å². The number of hydrogen-bond acceptors (Lipinski definition) is 6. The zero-order valence-electron chi connectivity index (χ0n) is 15.8.